The highest BCUT2D eigenvalue weighted by Crippen LogP contribution is 2.16. The first-order valence-corrected chi connectivity index (χ1v) is 3.72. The van der Waals surface area contributed by atoms with E-state index >= 15 is 0 Å². The van der Waals surface area contributed by atoms with Crippen molar-refractivity contribution in [2.45, 2.75) is 6.92 Å². The summed E-state index contributed by atoms with van der Waals surface area (Å²) in [5.74, 6) is 0. The van der Waals surface area contributed by atoms with Crippen LogP contribution in [0.2, 0.25) is 1.41 Å². The third-order valence-corrected chi connectivity index (χ3v) is 1.69. The lowest BCUT2D eigenvalue weighted by Crippen LogP contribution is -1.80. The third-order valence-electron chi connectivity index (χ3n) is 1.69. The van der Waals surface area contributed by atoms with Crippen molar-refractivity contribution in [1.29, 1.82) is 0 Å². The summed E-state index contributed by atoms with van der Waals surface area (Å²) in [6, 6.07) is 3.88. The number of hydrogen-bond donors (Lipinski definition) is 1. The van der Waals surface area contributed by atoms with E-state index in [9.17, 15) is 0 Å². The van der Waals surface area contributed by atoms with E-state index in [0.717, 1.165) is 21.9 Å². The first-order valence-electron chi connectivity index (χ1n) is 4.17. The quantitative estimate of drug-likeness (QED) is 0.690. The van der Waals surface area contributed by atoms with Gasteiger partial charge in [-0.3, -0.25) is 10.1 Å². The zero-order chi connectivity index (χ0) is 9.26. The fourth-order valence-corrected chi connectivity index (χ4v) is 1.10. The van der Waals surface area contributed by atoms with Gasteiger partial charge in [0.25, 0.3) is 0 Å². The Morgan fingerprint density at radius 3 is 3.08 bits per heavy atom. The van der Waals surface area contributed by atoms with Gasteiger partial charge in [-0.25, -0.2) is 0 Å². The van der Waals surface area contributed by atoms with Gasteiger partial charge in [0, 0.05) is 23.7 Å². The highest BCUT2D eigenvalue weighted by Gasteiger charge is 1.97. The lowest BCUT2D eigenvalue weighted by molar-refractivity contribution is 1.09. The monoisotopic (exact) mass is 160 g/mol. The highest BCUT2D eigenvalue weighted by molar-refractivity contribution is 5.61. The van der Waals surface area contributed by atoms with Crippen LogP contribution >= 0.6 is 0 Å². The van der Waals surface area contributed by atoms with Gasteiger partial charge in [0.05, 0.1) is 6.20 Å². The van der Waals surface area contributed by atoms with E-state index in [0.29, 0.717) is 0 Å². The van der Waals surface area contributed by atoms with Gasteiger partial charge in [-0.15, -0.1) is 0 Å². The summed E-state index contributed by atoms with van der Waals surface area (Å²) in [6.07, 6.45) is 5.09. The molecule has 0 aliphatic rings. The fraction of sp³-hybridized carbons (Fsp3) is 0.111. The number of rotatable bonds is 1. The molecule has 0 saturated carbocycles. The first kappa shape index (κ1) is 5.94. The molecule has 1 N–H and O–H groups in total. The zero-order valence-electron chi connectivity index (χ0n) is 7.73. The van der Waals surface area contributed by atoms with Gasteiger partial charge in [0.15, 0.2) is 1.41 Å². The van der Waals surface area contributed by atoms with Crippen molar-refractivity contribution < 1.29 is 1.41 Å². The standard InChI is InChI=1S/C9H9N3/c1-7-4-8(2-3-10-7)9-5-11-12-6-9/h2-6H,1H3,(H,11,12)/i/hD. The zero-order valence-corrected chi connectivity index (χ0v) is 6.73. The van der Waals surface area contributed by atoms with Crippen molar-refractivity contribution in [3.05, 3.63) is 36.4 Å². The molecule has 3 heteroatoms. The van der Waals surface area contributed by atoms with Gasteiger partial charge in [0.2, 0.25) is 0 Å². The van der Waals surface area contributed by atoms with Crippen LogP contribution in [0.4, 0.5) is 0 Å². The molecule has 0 aliphatic carbocycles. The summed E-state index contributed by atoms with van der Waals surface area (Å²) >= 11 is 0. The van der Waals surface area contributed by atoms with Crippen LogP contribution < -0.4 is 0 Å². The average molecular weight is 160 g/mol. The molecule has 3 nitrogen and oxygen atoms in total. The maximum absolute atomic E-state index is 7.21. The van der Waals surface area contributed by atoms with Crippen molar-refractivity contribution in [1.82, 2.24) is 15.2 Å². The predicted molar refractivity (Wildman–Crippen MR) is 46.6 cm³/mol. The van der Waals surface area contributed by atoms with E-state index in [-0.39, 0.29) is 0 Å². The van der Waals surface area contributed by atoms with E-state index in [1.807, 2.05) is 19.1 Å². The van der Waals surface area contributed by atoms with Crippen LogP contribution in [0.1, 0.15) is 5.69 Å². The van der Waals surface area contributed by atoms with E-state index in [4.69, 9.17) is 1.41 Å². The molecule has 0 unspecified atom stereocenters. The number of nitrogens with zero attached hydrogens (tertiary/aromatic N) is 2. The molecular formula is C9H9N3. The topological polar surface area (TPSA) is 41.6 Å². The second-order valence-corrected chi connectivity index (χ2v) is 2.63. The Labute approximate surface area is 71.9 Å². The van der Waals surface area contributed by atoms with Crippen LogP contribution in [0.15, 0.2) is 30.7 Å². The van der Waals surface area contributed by atoms with Crippen LogP contribution in [-0.4, -0.2) is 15.2 Å². The van der Waals surface area contributed by atoms with Crippen LogP contribution in [0.5, 0.6) is 0 Å². The van der Waals surface area contributed by atoms with Crippen molar-refractivity contribution in [2.24, 2.45) is 0 Å². The molecular weight excluding hydrogens is 150 g/mol. The van der Waals surface area contributed by atoms with Crippen LogP contribution in [-0.2, 0) is 0 Å². The normalized spacial score (nSPS) is 11.2. The Kier molecular flexibility index (Phi) is 1.37. The molecule has 0 radical (unpaired) electrons. The molecule has 0 amide bonds. The minimum Gasteiger partial charge on any atom is -0.285 e. The highest BCUT2D eigenvalue weighted by atomic mass is 15.1. The summed E-state index contributed by atoms with van der Waals surface area (Å²) in [5.41, 5.74) is 2.96. The van der Waals surface area contributed by atoms with Gasteiger partial charge in [-0.2, -0.15) is 5.10 Å². The molecule has 0 aliphatic heterocycles. The lowest BCUT2D eigenvalue weighted by atomic mass is 10.1. The number of H-pyrrole nitrogens is 1. The summed E-state index contributed by atoms with van der Waals surface area (Å²) in [5, 5.41) is 4.83. The van der Waals surface area contributed by atoms with E-state index in [1.54, 1.807) is 18.6 Å². The number of hydrogen-bond acceptors (Lipinski definition) is 2. The van der Waals surface area contributed by atoms with Crippen molar-refractivity contribution in [2.75, 3.05) is 0 Å². The number of aromatic amines is 1. The maximum atomic E-state index is 7.21. The van der Waals surface area contributed by atoms with Crippen molar-refractivity contribution >= 4 is 0 Å². The SMILES string of the molecule is [2H]n1cc(-c2ccnc(C)c2)cn1. The molecule has 12 heavy (non-hydrogen) atoms. The Bertz CT molecular complexity index is 422. The molecule has 0 saturated heterocycles. The number of aryl methyl sites for hydroxylation is 1. The second kappa shape index (κ2) is 2.77. The summed E-state index contributed by atoms with van der Waals surface area (Å²) in [6.45, 7) is 1.94. The Morgan fingerprint density at radius 1 is 1.50 bits per heavy atom. The van der Waals surface area contributed by atoms with E-state index in [2.05, 4.69) is 10.1 Å². The molecule has 0 spiro atoms. The minimum absolute atomic E-state index is 0.945. The lowest BCUT2D eigenvalue weighted by Gasteiger charge is -1.96. The fourth-order valence-electron chi connectivity index (χ4n) is 1.10. The molecule has 2 rings (SSSR count). The van der Waals surface area contributed by atoms with Gasteiger partial charge in [-0.1, -0.05) is 0 Å². The Hall–Kier alpha value is -1.64. The number of aromatic nitrogens is 3. The minimum atomic E-state index is 0.945. The second-order valence-electron chi connectivity index (χ2n) is 2.63. The molecule has 2 aromatic heterocycles. The number of pyridine rings is 1. The molecule has 2 aromatic rings. The molecule has 2 heterocycles. The maximum Gasteiger partial charge on any atom is 0.189 e. The molecule has 60 valence electrons. The average Bonchev–Trinajstić information content (AvgIpc) is 2.52. The van der Waals surface area contributed by atoms with Crippen LogP contribution in [0.25, 0.3) is 11.1 Å². The first-order chi connectivity index (χ1) is 6.25. The number of nitrogens with one attached hydrogen (secondary N) is 1. The molecule has 0 fully saturated rings. The van der Waals surface area contributed by atoms with Gasteiger partial charge in [-0.05, 0) is 24.6 Å². The summed E-state index contributed by atoms with van der Waals surface area (Å²) < 4.78 is 7.21. The van der Waals surface area contributed by atoms with Gasteiger partial charge >= 0.3 is 0 Å². The van der Waals surface area contributed by atoms with E-state index < -0.39 is 0 Å². The largest absolute Gasteiger partial charge is 0.285 e. The van der Waals surface area contributed by atoms with Crippen LogP contribution in [0.3, 0.4) is 0 Å². The third kappa shape index (κ3) is 1.21. The predicted octanol–water partition coefficient (Wildman–Crippen LogP) is 1.78. The molecule has 0 aromatic carbocycles. The van der Waals surface area contributed by atoms with Gasteiger partial charge < -0.3 is 0 Å². The van der Waals surface area contributed by atoms with Gasteiger partial charge in [0.1, 0.15) is 0 Å². The molecule has 0 bridgehead atoms. The smallest absolute Gasteiger partial charge is 0.189 e. The van der Waals surface area contributed by atoms with E-state index in [1.165, 1.54) is 0 Å². The Balaban J connectivity index is 2.46. The van der Waals surface area contributed by atoms with Crippen LogP contribution in [0, 0.1) is 6.92 Å². The summed E-state index contributed by atoms with van der Waals surface area (Å²) in [4.78, 5) is 4.10. The van der Waals surface area contributed by atoms with Crippen molar-refractivity contribution in [3.63, 3.8) is 0 Å². The molecule has 0 atom stereocenters. The Morgan fingerprint density at radius 2 is 2.42 bits per heavy atom. The van der Waals surface area contributed by atoms with Crippen molar-refractivity contribution in [3.8, 4) is 11.1 Å². The summed E-state index contributed by atoms with van der Waals surface area (Å²) in [7, 11) is 0.